The summed E-state index contributed by atoms with van der Waals surface area (Å²) < 4.78 is 11.4. The van der Waals surface area contributed by atoms with Crippen molar-refractivity contribution in [3.63, 3.8) is 0 Å². The monoisotopic (exact) mass is 206 g/mol. The second-order valence-electron chi connectivity index (χ2n) is 4.24. The average molecular weight is 206 g/mol. The van der Waals surface area contributed by atoms with E-state index in [4.69, 9.17) is 9.47 Å². The van der Waals surface area contributed by atoms with Crippen LogP contribution in [-0.4, -0.2) is 17.3 Å². The first kappa shape index (κ1) is 9.19. The van der Waals surface area contributed by atoms with Crippen molar-refractivity contribution in [3.8, 4) is 5.75 Å². The second-order valence-corrected chi connectivity index (χ2v) is 4.24. The van der Waals surface area contributed by atoms with Crippen LogP contribution in [0.2, 0.25) is 0 Å². The van der Waals surface area contributed by atoms with E-state index in [-0.39, 0.29) is 24.2 Å². The molecule has 3 unspecified atom stereocenters. The van der Waals surface area contributed by atoms with Crippen molar-refractivity contribution >= 4 is 0 Å². The third-order valence-corrected chi connectivity index (χ3v) is 3.27. The van der Waals surface area contributed by atoms with Gasteiger partial charge in [-0.25, -0.2) is 0 Å². The Morgan fingerprint density at radius 3 is 3.07 bits per heavy atom. The summed E-state index contributed by atoms with van der Waals surface area (Å²) in [5.74, 6) is 0.284. The minimum atomic E-state index is -0.372. The van der Waals surface area contributed by atoms with E-state index in [1.807, 2.05) is 19.1 Å². The molecule has 0 amide bonds. The van der Waals surface area contributed by atoms with Gasteiger partial charge in [0.1, 0.15) is 5.75 Å². The lowest BCUT2D eigenvalue weighted by molar-refractivity contribution is -0.0666. The molecular formula is C12H14O3. The van der Waals surface area contributed by atoms with Gasteiger partial charge in [0, 0.05) is 0 Å². The van der Waals surface area contributed by atoms with Crippen LogP contribution in [-0.2, 0) is 15.9 Å². The minimum Gasteiger partial charge on any atom is -0.507 e. The zero-order chi connectivity index (χ0) is 10.4. The number of ether oxygens (including phenoxy) is 2. The van der Waals surface area contributed by atoms with Gasteiger partial charge in [0.15, 0.2) is 6.29 Å². The molecule has 3 heteroatoms. The Morgan fingerprint density at radius 1 is 1.33 bits per heavy atom. The maximum Gasteiger partial charge on any atom is 0.188 e. The molecule has 0 saturated carbocycles. The number of aromatic hydroxyl groups is 1. The summed E-state index contributed by atoms with van der Waals surface area (Å²) in [6, 6.07) is 5.60. The predicted octanol–water partition coefficient (Wildman–Crippen LogP) is 2.14. The Labute approximate surface area is 88.6 Å². The van der Waals surface area contributed by atoms with Crippen molar-refractivity contribution in [1.82, 2.24) is 0 Å². The van der Waals surface area contributed by atoms with Crippen LogP contribution in [0.3, 0.4) is 0 Å². The quantitative estimate of drug-likeness (QED) is 0.706. The molecule has 1 saturated heterocycles. The van der Waals surface area contributed by atoms with Crippen LogP contribution < -0.4 is 0 Å². The van der Waals surface area contributed by atoms with E-state index < -0.39 is 0 Å². The molecule has 15 heavy (non-hydrogen) atoms. The van der Waals surface area contributed by atoms with Gasteiger partial charge < -0.3 is 14.6 Å². The molecule has 0 spiro atoms. The van der Waals surface area contributed by atoms with E-state index in [9.17, 15) is 5.11 Å². The highest BCUT2D eigenvalue weighted by molar-refractivity contribution is 5.41. The van der Waals surface area contributed by atoms with Gasteiger partial charge in [-0.3, -0.25) is 0 Å². The van der Waals surface area contributed by atoms with Gasteiger partial charge in [0.05, 0.1) is 17.8 Å². The summed E-state index contributed by atoms with van der Waals surface area (Å²) in [6.07, 6.45) is 1.85. The molecule has 0 aliphatic carbocycles. The standard InChI is InChI=1S/C12H14O3/c1-7-10-6-5-8-3-2-4-9(13)11(8)12(14-7)15-10/h2-4,7,10,12-13H,5-6H2,1H3. The molecular weight excluding hydrogens is 192 g/mol. The first-order valence-electron chi connectivity index (χ1n) is 5.37. The van der Waals surface area contributed by atoms with Crippen LogP contribution in [0.15, 0.2) is 18.2 Å². The van der Waals surface area contributed by atoms with Gasteiger partial charge in [0.25, 0.3) is 0 Å². The summed E-state index contributed by atoms with van der Waals surface area (Å²) in [5.41, 5.74) is 1.97. The van der Waals surface area contributed by atoms with Gasteiger partial charge in [-0.2, -0.15) is 0 Å². The first-order chi connectivity index (χ1) is 7.25. The SMILES string of the molecule is CC1OC2OC1CCc1cccc(O)c12. The smallest absolute Gasteiger partial charge is 0.188 e. The van der Waals surface area contributed by atoms with Crippen molar-refractivity contribution < 1.29 is 14.6 Å². The molecule has 3 nitrogen and oxygen atoms in total. The van der Waals surface area contributed by atoms with Gasteiger partial charge in [-0.1, -0.05) is 12.1 Å². The van der Waals surface area contributed by atoms with E-state index >= 15 is 0 Å². The van der Waals surface area contributed by atoms with E-state index in [1.54, 1.807) is 6.07 Å². The minimum absolute atomic E-state index is 0.128. The largest absolute Gasteiger partial charge is 0.507 e. The van der Waals surface area contributed by atoms with Gasteiger partial charge in [-0.15, -0.1) is 0 Å². The lowest BCUT2D eigenvalue weighted by Gasteiger charge is -2.16. The molecule has 80 valence electrons. The van der Waals surface area contributed by atoms with E-state index in [2.05, 4.69) is 0 Å². The third kappa shape index (κ3) is 1.34. The molecule has 1 aromatic rings. The molecule has 0 radical (unpaired) electrons. The molecule has 3 rings (SSSR count). The Bertz CT molecular complexity index is 388. The number of phenols is 1. The van der Waals surface area contributed by atoms with Crippen LogP contribution in [0.4, 0.5) is 0 Å². The third-order valence-electron chi connectivity index (χ3n) is 3.27. The van der Waals surface area contributed by atoms with Gasteiger partial charge >= 0.3 is 0 Å². The van der Waals surface area contributed by atoms with E-state index in [1.165, 1.54) is 0 Å². The fraction of sp³-hybridized carbons (Fsp3) is 0.500. The molecule has 2 aliphatic rings. The van der Waals surface area contributed by atoms with Crippen LogP contribution in [0.25, 0.3) is 0 Å². The molecule has 1 fully saturated rings. The number of hydrogen-bond donors (Lipinski definition) is 1. The van der Waals surface area contributed by atoms with Crippen molar-refractivity contribution in [3.05, 3.63) is 29.3 Å². The first-order valence-corrected chi connectivity index (χ1v) is 5.37. The number of fused-ring (bicyclic) bond motifs is 4. The normalized spacial score (nSPS) is 33.5. The Kier molecular flexibility index (Phi) is 1.97. The molecule has 2 heterocycles. The number of phenolic OH excluding ortho intramolecular Hbond substituents is 1. The molecule has 1 aromatic carbocycles. The van der Waals surface area contributed by atoms with Crippen LogP contribution in [0.5, 0.6) is 5.75 Å². The fourth-order valence-corrected chi connectivity index (χ4v) is 2.41. The van der Waals surface area contributed by atoms with Crippen LogP contribution in [0, 0.1) is 0 Å². The molecule has 0 aromatic heterocycles. The molecule has 1 N–H and O–H groups in total. The van der Waals surface area contributed by atoms with Crippen molar-refractivity contribution in [2.24, 2.45) is 0 Å². The topological polar surface area (TPSA) is 38.7 Å². The highest BCUT2D eigenvalue weighted by atomic mass is 16.7. The summed E-state index contributed by atoms with van der Waals surface area (Å²) in [5, 5.41) is 9.83. The zero-order valence-electron chi connectivity index (χ0n) is 8.64. The van der Waals surface area contributed by atoms with E-state index in [0.29, 0.717) is 0 Å². The number of aryl methyl sites for hydroxylation is 1. The number of hydrogen-bond acceptors (Lipinski definition) is 3. The predicted molar refractivity (Wildman–Crippen MR) is 54.6 cm³/mol. The number of benzene rings is 1. The molecule has 3 atom stereocenters. The lowest BCUT2D eigenvalue weighted by atomic mass is 9.99. The molecule has 2 aliphatic heterocycles. The molecule has 2 bridgehead atoms. The van der Waals surface area contributed by atoms with E-state index in [0.717, 1.165) is 24.0 Å². The van der Waals surface area contributed by atoms with Crippen LogP contribution in [0.1, 0.15) is 30.8 Å². The van der Waals surface area contributed by atoms with Crippen molar-refractivity contribution in [1.29, 1.82) is 0 Å². The Hall–Kier alpha value is -1.06. The highest BCUT2D eigenvalue weighted by Crippen LogP contribution is 2.41. The summed E-state index contributed by atoms with van der Waals surface area (Å²) >= 11 is 0. The van der Waals surface area contributed by atoms with Crippen molar-refractivity contribution in [2.75, 3.05) is 0 Å². The second kappa shape index (κ2) is 3.22. The average Bonchev–Trinajstić information content (AvgIpc) is 2.45. The maximum absolute atomic E-state index is 9.83. The zero-order valence-corrected chi connectivity index (χ0v) is 8.64. The maximum atomic E-state index is 9.83. The van der Waals surface area contributed by atoms with Gasteiger partial charge in [-0.05, 0) is 31.4 Å². The Morgan fingerprint density at radius 2 is 2.20 bits per heavy atom. The van der Waals surface area contributed by atoms with Crippen LogP contribution >= 0.6 is 0 Å². The van der Waals surface area contributed by atoms with Crippen molar-refractivity contribution in [2.45, 2.75) is 38.3 Å². The fourth-order valence-electron chi connectivity index (χ4n) is 2.41. The summed E-state index contributed by atoms with van der Waals surface area (Å²) in [6.45, 7) is 2.02. The lowest BCUT2D eigenvalue weighted by Crippen LogP contribution is -2.19. The Balaban J connectivity index is 2.09. The summed E-state index contributed by atoms with van der Waals surface area (Å²) in [4.78, 5) is 0. The van der Waals surface area contributed by atoms with Gasteiger partial charge in [0.2, 0.25) is 0 Å². The summed E-state index contributed by atoms with van der Waals surface area (Å²) in [7, 11) is 0. The highest BCUT2D eigenvalue weighted by Gasteiger charge is 2.38. The number of rotatable bonds is 0.